The van der Waals surface area contributed by atoms with Crippen molar-refractivity contribution >= 4 is 56.7 Å². The van der Waals surface area contributed by atoms with Gasteiger partial charge in [0.25, 0.3) is 0 Å². The van der Waals surface area contributed by atoms with Crippen LogP contribution in [0.1, 0.15) is 6.92 Å². The number of hydrogen-bond acceptors (Lipinski definition) is 6. The van der Waals surface area contributed by atoms with E-state index in [1.807, 2.05) is 18.2 Å². The van der Waals surface area contributed by atoms with E-state index < -0.39 is 0 Å². The molecule has 3 aromatic rings. The second-order valence-corrected chi connectivity index (χ2v) is 8.19. The minimum absolute atomic E-state index is 0.0626. The molecule has 1 aromatic heterocycles. The SMILES string of the molecule is CCSc1nnc(NC(=O)CSc2ccc3ccccc3c2)s1. The fraction of sp³-hybridized carbons (Fsp3) is 0.188. The number of nitrogens with one attached hydrogen (secondary N) is 1. The van der Waals surface area contributed by atoms with Gasteiger partial charge in [0.15, 0.2) is 4.34 Å². The molecule has 0 unspecified atom stereocenters. The summed E-state index contributed by atoms with van der Waals surface area (Å²) in [5, 5.41) is 13.7. The Labute approximate surface area is 147 Å². The molecule has 0 atom stereocenters. The van der Waals surface area contributed by atoms with Crippen LogP contribution in [0.4, 0.5) is 5.13 Å². The van der Waals surface area contributed by atoms with Gasteiger partial charge in [-0.05, 0) is 28.7 Å². The van der Waals surface area contributed by atoms with Gasteiger partial charge in [-0.2, -0.15) is 0 Å². The lowest BCUT2D eigenvalue weighted by molar-refractivity contribution is -0.113. The highest BCUT2D eigenvalue weighted by atomic mass is 32.2. The highest BCUT2D eigenvalue weighted by molar-refractivity contribution is 8.01. The summed E-state index contributed by atoms with van der Waals surface area (Å²) >= 11 is 4.55. The lowest BCUT2D eigenvalue weighted by Gasteiger charge is -2.04. The van der Waals surface area contributed by atoms with E-state index in [1.165, 1.54) is 33.9 Å². The average Bonchev–Trinajstić information content (AvgIpc) is 3.00. The van der Waals surface area contributed by atoms with Crippen molar-refractivity contribution in [3.05, 3.63) is 42.5 Å². The van der Waals surface area contributed by atoms with E-state index >= 15 is 0 Å². The molecule has 3 rings (SSSR count). The molecule has 118 valence electrons. The van der Waals surface area contributed by atoms with Gasteiger partial charge in [-0.25, -0.2) is 0 Å². The number of carbonyl (C=O) groups excluding carboxylic acids is 1. The van der Waals surface area contributed by atoms with Crippen molar-refractivity contribution in [3.8, 4) is 0 Å². The van der Waals surface area contributed by atoms with Crippen molar-refractivity contribution in [2.45, 2.75) is 16.2 Å². The van der Waals surface area contributed by atoms with E-state index in [2.05, 4.69) is 46.7 Å². The van der Waals surface area contributed by atoms with Gasteiger partial charge in [-0.3, -0.25) is 10.1 Å². The van der Waals surface area contributed by atoms with Gasteiger partial charge in [0.05, 0.1) is 5.75 Å². The third-order valence-electron chi connectivity index (χ3n) is 3.01. The van der Waals surface area contributed by atoms with Gasteiger partial charge in [0, 0.05) is 4.90 Å². The molecule has 0 bridgehead atoms. The third-order valence-corrected chi connectivity index (χ3v) is 5.86. The second-order valence-electron chi connectivity index (χ2n) is 4.65. The molecule has 2 aromatic carbocycles. The monoisotopic (exact) mass is 361 g/mol. The molecule has 1 amide bonds. The summed E-state index contributed by atoms with van der Waals surface area (Å²) < 4.78 is 0.880. The number of rotatable bonds is 6. The largest absolute Gasteiger partial charge is 0.300 e. The molecule has 0 fully saturated rings. The van der Waals surface area contributed by atoms with Crippen molar-refractivity contribution in [2.24, 2.45) is 0 Å². The summed E-state index contributed by atoms with van der Waals surface area (Å²) in [6.45, 7) is 2.06. The molecule has 0 radical (unpaired) electrons. The Hall–Kier alpha value is -1.57. The number of hydrogen-bond donors (Lipinski definition) is 1. The molecule has 1 N–H and O–H groups in total. The third kappa shape index (κ3) is 4.46. The van der Waals surface area contributed by atoms with Crippen molar-refractivity contribution < 1.29 is 4.79 Å². The summed E-state index contributed by atoms with van der Waals surface area (Å²) in [6.07, 6.45) is 0. The second kappa shape index (κ2) is 7.81. The van der Waals surface area contributed by atoms with Crippen LogP contribution in [0.2, 0.25) is 0 Å². The number of nitrogens with zero attached hydrogens (tertiary/aromatic N) is 2. The highest BCUT2D eigenvalue weighted by Gasteiger charge is 2.09. The van der Waals surface area contributed by atoms with Crippen molar-refractivity contribution in [1.82, 2.24) is 10.2 Å². The maximum Gasteiger partial charge on any atom is 0.236 e. The normalized spacial score (nSPS) is 10.8. The molecule has 0 spiro atoms. The number of thioether (sulfide) groups is 2. The van der Waals surface area contributed by atoms with E-state index in [9.17, 15) is 4.79 Å². The molecule has 7 heteroatoms. The minimum Gasteiger partial charge on any atom is -0.300 e. The molecule has 0 aliphatic rings. The van der Waals surface area contributed by atoms with E-state index in [1.54, 1.807) is 11.8 Å². The van der Waals surface area contributed by atoms with Crippen LogP contribution in [0.5, 0.6) is 0 Å². The van der Waals surface area contributed by atoms with Gasteiger partial charge in [0.1, 0.15) is 0 Å². The van der Waals surface area contributed by atoms with E-state index in [4.69, 9.17) is 0 Å². The van der Waals surface area contributed by atoms with E-state index in [0.29, 0.717) is 10.9 Å². The van der Waals surface area contributed by atoms with Gasteiger partial charge < -0.3 is 0 Å². The van der Waals surface area contributed by atoms with Crippen LogP contribution in [-0.2, 0) is 4.79 Å². The fourth-order valence-electron chi connectivity index (χ4n) is 2.00. The van der Waals surface area contributed by atoms with Crippen LogP contribution in [0, 0.1) is 0 Å². The van der Waals surface area contributed by atoms with Crippen molar-refractivity contribution in [1.29, 1.82) is 0 Å². The predicted octanol–water partition coefficient (Wildman–Crippen LogP) is 4.53. The summed E-state index contributed by atoms with van der Waals surface area (Å²) in [5.41, 5.74) is 0. The molecule has 23 heavy (non-hydrogen) atoms. The molecule has 4 nitrogen and oxygen atoms in total. The van der Waals surface area contributed by atoms with E-state index in [0.717, 1.165) is 15.0 Å². The van der Waals surface area contributed by atoms with Crippen LogP contribution in [0.25, 0.3) is 10.8 Å². The van der Waals surface area contributed by atoms with Gasteiger partial charge >= 0.3 is 0 Å². The Morgan fingerprint density at radius 2 is 1.96 bits per heavy atom. The Morgan fingerprint density at radius 1 is 1.13 bits per heavy atom. The Bertz CT molecular complexity index is 819. The van der Waals surface area contributed by atoms with Crippen LogP contribution >= 0.6 is 34.9 Å². The maximum absolute atomic E-state index is 12.0. The smallest absolute Gasteiger partial charge is 0.236 e. The quantitative estimate of drug-likeness (QED) is 0.516. The zero-order valence-corrected chi connectivity index (χ0v) is 14.9. The summed E-state index contributed by atoms with van der Waals surface area (Å²) in [4.78, 5) is 13.1. The molecule has 0 aliphatic heterocycles. The zero-order valence-electron chi connectivity index (χ0n) is 12.5. The Balaban J connectivity index is 1.56. The fourth-order valence-corrected chi connectivity index (χ4v) is 4.41. The predicted molar refractivity (Wildman–Crippen MR) is 99.6 cm³/mol. The minimum atomic E-state index is -0.0626. The van der Waals surface area contributed by atoms with Gasteiger partial charge in [-0.1, -0.05) is 60.4 Å². The summed E-state index contributed by atoms with van der Waals surface area (Å²) in [7, 11) is 0. The molecular weight excluding hydrogens is 346 g/mol. The van der Waals surface area contributed by atoms with Gasteiger partial charge in [0.2, 0.25) is 11.0 Å². The van der Waals surface area contributed by atoms with Crippen LogP contribution < -0.4 is 5.32 Å². The average molecular weight is 362 g/mol. The lowest BCUT2D eigenvalue weighted by atomic mass is 10.1. The topological polar surface area (TPSA) is 54.9 Å². The molecule has 1 heterocycles. The number of benzene rings is 2. The molecular formula is C16H15N3OS3. The first-order chi connectivity index (χ1) is 11.2. The number of carbonyl (C=O) groups is 1. The van der Waals surface area contributed by atoms with Gasteiger partial charge in [-0.15, -0.1) is 22.0 Å². The Kier molecular flexibility index (Phi) is 5.53. The maximum atomic E-state index is 12.0. The summed E-state index contributed by atoms with van der Waals surface area (Å²) in [5.74, 6) is 1.24. The van der Waals surface area contributed by atoms with Crippen LogP contribution in [-0.4, -0.2) is 27.6 Å². The number of fused-ring (bicyclic) bond motifs is 1. The molecule has 0 saturated carbocycles. The van der Waals surface area contributed by atoms with E-state index in [-0.39, 0.29) is 5.91 Å². The zero-order chi connectivity index (χ0) is 16.1. The molecule has 0 saturated heterocycles. The first-order valence-corrected chi connectivity index (χ1v) is 9.91. The van der Waals surface area contributed by atoms with Crippen molar-refractivity contribution in [2.75, 3.05) is 16.8 Å². The number of amides is 1. The number of anilines is 1. The molecule has 0 aliphatic carbocycles. The van der Waals surface area contributed by atoms with Crippen LogP contribution in [0.3, 0.4) is 0 Å². The Morgan fingerprint density at radius 3 is 2.78 bits per heavy atom. The first kappa shape index (κ1) is 16.3. The number of aromatic nitrogens is 2. The first-order valence-electron chi connectivity index (χ1n) is 7.12. The highest BCUT2D eigenvalue weighted by Crippen LogP contribution is 2.26. The summed E-state index contributed by atoms with van der Waals surface area (Å²) in [6, 6.07) is 14.4. The van der Waals surface area contributed by atoms with Crippen molar-refractivity contribution in [3.63, 3.8) is 0 Å². The lowest BCUT2D eigenvalue weighted by Crippen LogP contribution is -2.13. The van der Waals surface area contributed by atoms with Crippen LogP contribution in [0.15, 0.2) is 51.7 Å². The standard InChI is InChI=1S/C16H15N3OS3/c1-2-21-16-19-18-15(23-16)17-14(20)10-22-13-8-7-11-5-3-4-6-12(11)9-13/h3-9H,2,10H2,1H3,(H,17,18,20).